The second kappa shape index (κ2) is 8.13. The van der Waals surface area contributed by atoms with Gasteiger partial charge in [-0.15, -0.1) is 0 Å². The lowest BCUT2D eigenvalue weighted by Gasteiger charge is -2.22. The molecule has 0 saturated carbocycles. The summed E-state index contributed by atoms with van der Waals surface area (Å²) in [5, 5.41) is 0.489. The fraction of sp³-hybridized carbons (Fsp3) is 0.533. The van der Waals surface area contributed by atoms with Crippen LogP contribution in [-0.4, -0.2) is 62.1 Å². The van der Waals surface area contributed by atoms with Gasteiger partial charge in [0.15, 0.2) is 0 Å². The van der Waals surface area contributed by atoms with Gasteiger partial charge in [-0.3, -0.25) is 9.69 Å². The lowest BCUT2D eigenvalue weighted by molar-refractivity contribution is 0.0759. The zero-order valence-electron chi connectivity index (χ0n) is 12.1. The Morgan fingerprint density at radius 2 is 2.14 bits per heavy atom. The Balaban J connectivity index is 2.01. The molecule has 1 fully saturated rings. The summed E-state index contributed by atoms with van der Waals surface area (Å²) in [5.74, 6) is 0.00916. The second-order valence-electron chi connectivity index (χ2n) is 5.08. The van der Waals surface area contributed by atoms with E-state index in [0.29, 0.717) is 10.6 Å². The van der Waals surface area contributed by atoms with Gasteiger partial charge in [-0.1, -0.05) is 17.7 Å². The molecule has 0 atom stereocenters. The van der Waals surface area contributed by atoms with Gasteiger partial charge in [-0.25, -0.2) is 0 Å². The predicted molar refractivity (Wildman–Crippen MR) is 88.0 cm³/mol. The molecule has 0 spiro atoms. The third-order valence-electron chi connectivity index (χ3n) is 3.67. The molecule has 4 nitrogen and oxygen atoms in total. The Morgan fingerprint density at radius 1 is 1.33 bits per heavy atom. The van der Waals surface area contributed by atoms with Gasteiger partial charge in [-0.05, 0) is 41.0 Å². The van der Waals surface area contributed by atoms with Crippen molar-refractivity contribution in [1.29, 1.82) is 0 Å². The van der Waals surface area contributed by atoms with Gasteiger partial charge in [0.2, 0.25) is 0 Å². The molecular formula is C15H20BrClN2O2. The number of halogens is 2. The molecule has 0 aromatic heterocycles. The molecule has 0 aliphatic carbocycles. The van der Waals surface area contributed by atoms with Gasteiger partial charge >= 0.3 is 0 Å². The Hall–Kier alpha value is -0.620. The highest BCUT2D eigenvalue weighted by Crippen LogP contribution is 2.27. The van der Waals surface area contributed by atoms with E-state index in [4.69, 9.17) is 16.3 Å². The molecule has 116 valence electrons. The third kappa shape index (κ3) is 4.42. The maximum Gasteiger partial charge on any atom is 0.255 e. The summed E-state index contributed by atoms with van der Waals surface area (Å²) in [7, 11) is 1.71. The first kappa shape index (κ1) is 16.7. The number of hydrogen-bond acceptors (Lipinski definition) is 3. The first-order valence-corrected chi connectivity index (χ1v) is 8.25. The highest BCUT2D eigenvalue weighted by Gasteiger charge is 2.22. The Morgan fingerprint density at radius 3 is 2.90 bits per heavy atom. The third-order valence-corrected chi connectivity index (χ3v) is 4.97. The second-order valence-corrected chi connectivity index (χ2v) is 6.31. The van der Waals surface area contributed by atoms with E-state index in [-0.39, 0.29) is 5.91 Å². The van der Waals surface area contributed by atoms with E-state index in [2.05, 4.69) is 20.8 Å². The van der Waals surface area contributed by atoms with Crippen molar-refractivity contribution in [2.75, 3.05) is 46.4 Å². The Kier molecular flexibility index (Phi) is 6.48. The van der Waals surface area contributed by atoms with Crippen LogP contribution in [0.4, 0.5) is 0 Å². The van der Waals surface area contributed by atoms with E-state index in [1.165, 1.54) is 0 Å². The molecule has 2 rings (SSSR count). The Bertz CT molecular complexity index is 499. The van der Waals surface area contributed by atoms with Crippen molar-refractivity contribution in [2.45, 2.75) is 6.42 Å². The molecule has 1 aliphatic heterocycles. The van der Waals surface area contributed by atoms with Crippen molar-refractivity contribution >= 4 is 33.4 Å². The normalized spacial score (nSPS) is 16.8. The molecule has 1 aromatic rings. The average molecular weight is 376 g/mol. The van der Waals surface area contributed by atoms with Gasteiger partial charge in [0.25, 0.3) is 5.91 Å². The van der Waals surface area contributed by atoms with Crippen molar-refractivity contribution in [3.05, 3.63) is 33.3 Å². The summed E-state index contributed by atoms with van der Waals surface area (Å²) in [6.07, 6.45) is 0.973. The topological polar surface area (TPSA) is 32.8 Å². The van der Waals surface area contributed by atoms with Gasteiger partial charge in [-0.2, -0.15) is 0 Å². The molecule has 1 heterocycles. The summed E-state index contributed by atoms with van der Waals surface area (Å²) in [4.78, 5) is 16.8. The summed E-state index contributed by atoms with van der Waals surface area (Å²) in [5.41, 5.74) is 0.566. The van der Waals surface area contributed by atoms with E-state index in [0.717, 1.165) is 50.2 Å². The molecule has 1 aromatic carbocycles. The molecule has 0 radical (unpaired) electrons. The number of carbonyl (C=O) groups excluding carboxylic acids is 1. The van der Waals surface area contributed by atoms with Crippen molar-refractivity contribution in [1.82, 2.24) is 9.80 Å². The zero-order valence-corrected chi connectivity index (χ0v) is 14.5. The number of benzene rings is 1. The van der Waals surface area contributed by atoms with E-state index in [9.17, 15) is 4.79 Å². The fourth-order valence-electron chi connectivity index (χ4n) is 2.46. The number of carbonyl (C=O) groups is 1. The van der Waals surface area contributed by atoms with Crippen LogP contribution in [0.1, 0.15) is 16.8 Å². The van der Waals surface area contributed by atoms with Gasteiger partial charge in [0.05, 0.1) is 17.2 Å². The van der Waals surface area contributed by atoms with Crippen LogP contribution >= 0.6 is 27.5 Å². The predicted octanol–water partition coefficient (Wildman–Crippen LogP) is 2.90. The fourth-order valence-corrected chi connectivity index (χ4v) is 3.03. The van der Waals surface area contributed by atoms with Gasteiger partial charge in [0.1, 0.15) is 0 Å². The van der Waals surface area contributed by atoms with E-state index >= 15 is 0 Å². The van der Waals surface area contributed by atoms with Crippen molar-refractivity contribution < 1.29 is 9.53 Å². The van der Waals surface area contributed by atoms with E-state index in [1.54, 1.807) is 13.2 Å². The van der Waals surface area contributed by atoms with E-state index < -0.39 is 0 Å². The van der Waals surface area contributed by atoms with Crippen LogP contribution in [-0.2, 0) is 4.74 Å². The SMILES string of the molecule is COCCN1CCCN(C(=O)c2cccc(Br)c2Cl)CC1. The van der Waals surface area contributed by atoms with Crippen LogP contribution < -0.4 is 0 Å². The average Bonchev–Trinajstić information content (AvgIpc) is 2.73. The summed E-state index contributed by atoms with van der Waals surface area (Å²) < 4.78 is 5.87. The lowest BCUT2D eigenvalue weighted by atomic mass is 10.2. The zero-order chi connectivity index (χ0) is 15.2. The minimum absolute atomic E-state index is 0.00916. The molecule has 0 bridgehead atoms. The molecule has 1 amide bonds. The molecular weight excluding hydrogens is 356 g/mol. The van der Waals surface area contributed by atoms with Crippen LogP contribution in [0.25, 0.3) is 0 Å². The van der Waals surface area contributed by atoms with Crippen molar-refractivity contribution in [3.63, 3.8) is 0 Å². The number of amides is 1. The largest absolute Gasteiger partial charge is 0.383 e. The molecule has 1 saturated heterocycles. The first-order chi connectivity index (χ1) is 10.1. The highest BCUT2D eigenvalue weighted by molar-refractivity contribution is 9.10. The molecule has 21 heavy (non-hydrogen) atoms. The quantitative estimate of drug-likeness (QED) is 0.811. The summed E-state index contributed by atoms with van der Waals surface area (Å²) in [6, 6.07) is 5.46. The van der Waals surface area contributed by atoms with Crippen molar-refractivity contribution in [3.8, 4) is 0 Å². The minimum atomic E-state index is 0.00916. The highest BCUT2D eigenvalue weighted by atomic mass is 79.9. The number of nitrogens with zero attached hydrogens (tertiary/aromatic N) is 2. The lowest BCUT2D eigenvalue weighted by Crippen LogP contribution is -2.36. The standard InChI is InChI=1S/C15H20BrClN2O2/c1-21-11-10-18-6-3-7-19(9-8-18)15(20)12-4-2-5-13(16)14(12)17/h2,4-5H,3,6-11H2,1H3. The Labute approximate surface area is 139 Å². The molecule has 1 aliphatic rings. The number of hydrogen-bond donors (Lipinski definition) is 0. The smallest absolute Gasteiger partial charge is 0.255 e. The number of ether oxygens (including phenoxy) is 1. The molecule has 6 heteroatoms. The monoisotopic (exact) mass is 374 g/mol. The first-order valence-electron chi connectivity index (χ1n) is 7.08. The van der Waals surface area contributed by atoms with Crippen LogP contribution in [0.2, 0.25) is 5.02 Å². The minimum Gasteiger partial charge on any atom is -0.383 e. The van der Waals surface area contributed by atoms with E-state index in [1.807, 2.05) is 17.0 Å². The van der Waals surface area contributed by atoms with Gasteiger partial charge in [0, 0.05) is 37.8 Å². The number of methoxy groups -OCH3 is 1. The maximum atomic E-state index is 12.6. The van der Waals surface area contributed by atoms with Gasteiger partial charge < -0.3 is 9.64 Å². The molecule has 0 N–H and O–H groups in total. The summed E-state index contributed by atoms with van der Waals surface area (Å²) >= 11 is 9.59. The molecule has 0 unspecified atom stereocenters. The van der Waals surface area contributed by atoms with Crippen LogP contribution in [0, 0.1) is 0 Å². The van der Waals surface area contributed by atoms with Crippen molar-refractivity contribution in [2.24, 2.45) is 0 Å². The van der Waals surface area contributed by atoms with Crippen LogP contribution in [0.3, 0.4) is 0 Å². The summed E-state index contributed by atoms with van der Waals surface area (Å²) in [6.45, 7) is 5.01. The van der Waals surface area contributed by atoms with Crippen LogP contribution in [0.5, 0.6) is 0 Å². The number of rotatable bonds is 4. The maximum absolute atomic E-state index is 12.6. The van der Waals surface area contributed by atoms with Crippen LogP contribution in [0.15, 0.2) is 22.7 Å².